The van der Waals surface area contributed by atoms with Crippen molar-refractivity contribution < 1.29 is 23.8 Å². The number of para-hydroxylation sites is 2. The molecule has 1 aromatic rings. The predicted molar refractivity (Wildman–Crippen MR) is 91.5 cm³/mol. The fourth-order valence-electron chi connectivity index (χ4n) is 2.91. The second kappa shape index (κ2) is 8.55. The number of allylic oxidation sites excluding steroid dienone is 1. The number of ether oxygens (including phenoxy) is 3. The van der Waals surface area contributed by atoms with Crippen LogP contribution in [0.25, 0.3) is 0 Å². The highest BCUT2D eigenvalue weighted by atomic mass is 16.6. The van der Waals surface area contributed by atoms with Crippen molar-refractivity contribution in [2.24, 2.45) is 0 Å². The highest BCUT2D eigenvalue weighted by Crippen LogP contribution is 2.31. The van der Waals surface area contributed by atoms with Crippen LogP contribution in [0.15, 0.2) is 35.9 Å². The Kier molecular flexibility index (Phi) is 5.93. The second-order valence-electron chi connectivity index (χ2n) is 6.18. The summed E-state index contributed by atoms with van der Waals surface area (Å²) in [6.07, 6.45) is 6.99. The Balaban J connectivity index is 1.36. The largest absolute Gasteiger partial charge is 0.485 e. The number of amides is 1. The molecule has 0 radical (unpaired) electrons. The maximum atomic E-state index is 12.0. The zero-order valence-electron chi connectivity index (χ0n) is 14.2. The van der Waals surface area contributed by atoms with E-state index in [-0.39, 0.29) is 19.1 Å². The third kappa shape index (κ3) is 4.98. The third-order valence-electron chi connectivity index (χ3n) is 4.27. The van der Waals surface area contributed by atoms with Gasteiger partial charge in [-0.25, -0.2) is 4.79 Å². The summed E-state index contributed by atoms with van der Waals surface area (Å²) in [6, 6.07) is 7.12. The SMILES string of the molecule is O=C(COC(=O)C1COc2ccccc2O1)NCCC1=CCCCC1. The van der Waals surface area contributed by atoms with Crippen LogP contribution in [-0.2, 0) is 14.3 Å². The van der Waals surface area contributed by atoms with Gasteiger partial charge in [-0.3, -0.25) is 4.79 Å². The molecule has 0 bridgehead atoms. The first-order chi connectivity index (χ1) is 12.2. The van der Waals surface area contributed by atoms with Gasteiger partial charge in [-0.05, 0) is 44.2 Å². The zero-order chi connectivity index (χ0) is 17.5. The molecule has 0 aromatic heterocycles. The molecular weight excluding hydrogens is 322 g/mol. The van der Waals surface area contributed by atoms with E-state index in [0.717, 1.165) is 19.3 Å². The van der Waals surface area contributed by atoms with Crippen LogP contribution >= 0.6 is 0 Å². The van der Waals surface area contributed by atoms with Gasteiger partial charge in [0.15, 0.2) is 18.1 Å². The summed E-state index contributed by atoms with van der Waals surface area (Å²) < 4.78 is 16.0. The molecule has 1 aromatic carbocycles. The predicted octanol–water partition coefficient (Wildman–Crippen LogP) is 2.38. The van der Waals surface area contributed by atoms with E-state index in [1.165, 1.54) is 18.4 Å². The lowest BCUT2D eigenvalue weighted by Gasteiger charge is -2.24. The summed E-state index contributed by atoms with van der Waals surface area (Å²) in [5.41, 5.74) is 1.40. The highest BCUT2D eigenvalue weighted by Gasteiger charge is 2.29. The quantitative estimate of drug-likeness (QED) is 0.633. The number of benzene rings is 1. The lowest BCUT2D eigenvalue weighted by Crippen LogP contribution is -2.39. The monoisotopic (exact) mass is 345 g/mol. The van der Waals surface area contributed by atoms with Crippen LogP contribution in [0.1, 0.15) is 32.1 Å². The normalized spacial score (nSPS) is 18.9. The molecule has 1 atom stereocenters. The van der Waals surface area contributed by atoms with E-state index in [9.17, 15) is 9.59 Å². The Morgan fingerprint density at radius 2 is 2.04 bits per heavy atom. The molecule has 0 saturated heterocycles. The van der Waals surface area contributed by atoms with E-state index in [2.05, 4.69) is 11.4 Å². The number of carbonyl (C=O) groups is 2. The molecule has 1 aliphatic carbocycles. The minimum absolute atomic E-state index is 0.0750. The van der Waals surface area contributed by atoms with Gasteiger partial charge >= 0.3 is 5.97 Å². The van der Waals surface area contributed by atoms with Crippen molar-refractivity contribution in [2.75, 3.05) is 19.8 Å². The number of nitrogens with one attached hydrogen (secondary N) is 1. The Bertz CT molecular complexity index is 655. The van der Waals surface area contributed by atoms with E-state index < -0.39 is 12.1 Å². The van der Waals surface area contributed by atoms with Crippen molar-refractivity contribution in [3.63, 3.8) is 0 Å². The summed E-state index contributed by atoms with van der Waals surface area (Å²) in [7, 11) is 0. The maximum absolute atomic E-state index is 12.0. The molecule has 134 valence electrons. The molecule has 6 heteroatoms. The van der Waals surface area contributed by atoms with E-state index in [1.54, 1.807) is 18.2 Å². The summed E-state index contributed by atoms with van der Waals surface area (Å²) in [5, 5.41) is 2.77. The molecule has 0 spiro atoms. The molecule has 1 unspecified atom stereocenters. The average molecular weight is 345 g/mol. The number of hydrogen-bond donors (Lipinski definition) is 1. The van der Waals surface area contributed by atoms with Gasteiger partial charge in [-0.1, -0.05) is 23.8 Å². The lowest BCUT2D eigenvalue weighted by molar-refractivity contribution is -0.157. The number of hydrogen-bond acceptors (Lipinski definition) is 5. The van der Waals surface area contributed by atoms with Gasteiger partial charge < -0.3 is 19.5 Å². The number of esters is 1. The molecule has 25 heavy (non-hydrogen) atoms. The van der Waals surface area contributed by atoms with Crippen LogP contribution in [0.3, 0.4) is 0 Å². The van der Waals surface area contributed by atoms with Gasteiger partial charge in [-0.15, -0.1) is 0 Å². The Morgan fingerprint density at radius 1 is 1.20 bits per heavy atom. The summed E-state index contributed by atoms with van der Waals surface area (Å²) in [4.78, 5) is 23.8. The van der Waals surface area contributed by atoms with Gasteiger partial charge in [0.25, 0.3) is 5.91 Å². The minimum Gasteiger partial charge on any atom is -0.485 e. The van der Waals surface area contributed by atoms with E-state index in [0.29, 0.717) is 18.0 Å². The molecule has 6 nitrogen and oxygen atoms in total. The number of rotatable bonds is 6. The fourth-order valence-corrected chi connectivity index (χ4v) is 2.91. The Morgan fingerprint density at radius 3 is 2.84 bits per heavy atom. The Hall–Kier alpha value is -2.50. The highest BCUT2D eigenvalue weighted by molar-refractivity contribution is 5.82. The molecule has 0 saturated carbocycles. The standard InChI is InChI=1S/C19H23NO5/c21-18(20-11-10-14-6-2-1-3-7-14)13-24-19(22)17-12-23-15-8-4-5-9-16(15)25-17/h4-6,8-9,17H,1-3,7,10-13H2,(H,20,21). The third-order valence-corrected chi connectivity index (χ3v) is 4.27. The number of carbonyl (C=O) groups excluding carboxylic acids is 2. The van der Waals surface area contributed by atoms with Gasteiger partial charge in [0.2, 0.25) is 6.10 Å². The first-order valence-corrected chi connectivity index (χ1v) is 8.72. The van der Waals surface area contributed by atoms with Crippen LogP contribution < -0.4 is 14.8 Å². The van der Waals surface area contributed by atoms with Crippen LogP contribution in [0.2, 0.25) is 0 Å². The lowest BCUT2D eigenvalue weighted by atomic mass is 9.97. The topological polar surface area (TPSA) is 73.9 Å². The molecule has 0 fully saturated rings. The first-order valence-electron chi connectivity index (χ1n) is 8.72. The molecule has 1 heterocycles. The maximum Gasteiger partial charge on any atom is 0.351 e. The van der Waals surface area contributed by atoms with Crippen molar-refractivity contribution in [3.05, 3.63) is 35.9 Å². The number of fused-ring (bicyclic) bond motifs is 1. The van der Waals surface area contributed by atoms with E-state index in [4.69, 9.17) is 14.2 Å². The van der Waals surface area contributed by atoms with Crippen LogP contribution in [0.4, 0.5) is 0 Å². The molecule has 1 aliphatic heterocycles. The van der Waals surface area contributed by atoms with E-state index >= 15 is 0 Å². The molecular formula is C19H23NO5. The van der Waals surface area contributed by atoms with Crippen molar-refractivity contribution >= 4 is 11.9 Å². The minimum atomic E-state index is -0.852. The first kappa shape index (κ1) is 17.3. The zero-order valence-corrected chi connectivity index (χ0v) is 14.2. The van der Waals surface area contributed by atoms with Gasteiger partial charge in [0.05, 0.1) is 0 Å². The van der Waals surface area contributed by atoms with Gasteiger partial charge in [0, 0.05) is 6.54 Å². The van der Waals surface area contributed by atoms with E-state index in [1.807, 2.05) is 6.07 Å². The fraction of sp³-hybridized carbons (Fsp3) is 0.474. The Labute approximate surface area is 147 Å². The van der Waals surface area contributed by atoms with Gasteiger partial charge in [-0.2, -0.15) is 0 Å². The van der Waals surface area contributed by atoms with Crippen LogP contribution in [0.5, 0.6) is 11.5 Å². The van der Waals surface area contributed by atoms with Crippen LogP contribution in [0, 0.1) is 0 Å². The van der Waals surface area contributed by atoms with Crippen molar-refractivity contribution in [1.82, 2.24) is 5.32 Å². The average Bonchev–Trinajstić information content (AvgIpc) is 2.66. The summed E-state index contributed by atoms with van der Waals surface area (Å²) in [6.45, 7) is 0.337. The molecule has 3 rings (SSSR count). The van der Waals surface area contributed by atoms with Crippen molar-refractivity contribution in [1.29, 1.82) is 0 Å². The van der Waals surface area contributed by atoms with Crippen molar-refractivity contribution in [2.45, 2.75) is 38.2 Å². The second-order valence-corrected chi connectivity index (χ2v) is 6.18. The smallest absolute Gasteiger partial charge is 0.351 e. The summed E-state index contributed by atoms with van der Waals surface area (Å²) >= 11 is 0. The van der Waals surface area contributed by atoms with Gasteiger partial charge in [0.1, 0.15) is 6.61 Å². The van der Waals surface area contributed by atoms with Crippen molar-refractivity contribution in [3.8, 4) is 11.5 Å². The molecule has 1 amide bonds. The molecule has 2 aliphatic rings. The van der Waals surface area contributed by atoms with Crippen LogP contribution in [-0.4, -0.2) is 37.7 Å². The summed E-state index contributed by atoms with van der Waals surface area (Å²) in [5.74, 6) is 0.198. The molecule has 1 N–H and O–H groups in total.